The SMILES string of the molecule is C=C1/C(=C\C=C2/CCC[C@]3(C)[C@@H]([C@H](C)CCCC(C)(C)O)CC[C@@H]23)C[C@@H](O[Si](C)(C)C(C)(C)C)C[C@@H]1O. The van der Waals surface area contributed by atoms with Crippen LogP contribution in [0.25, 0.3) is 0 Å². The van der Waals surface area contributed by atoms with Gasteiger partial charge in [-0.1, -0.05) is 71.8 Å². The van der Waals surface area contributed by atoms with Gasteiger partial charge in [0.15, 0.2) is 8.32 Å². The molecule has 3 fully saturated rings. The fourth-order valence-corrected chi connectivity index (χ4v) is 8.77. The maximum atomic E-state index is 10.8. The summed E-state index contributed by atoms with van der Waals surface area (Å²) in [5.41, 5.74) is 3.50. The molecule has 0 heterocycles. The average molecular weight is 531 g/mol. The minimum Gasteiger partial charge on any atom is -0.413 e. The molecule has 3 nitrogen and oxygen atoms in total. The summed E-state index contributed by atoms with van der Waals surface area (Å²) in [4.78, 5) is 0. The van der Waals surface area contributed by atoms with Crippen LogP contribution in [0.4, 0.5) is 0 Å². The van der Waals surface area contributed by atoms with E-state index in [1.807, 2.05) is 13.8 Å². The van der Waals surface area contributed by atoms with E-state index in [1.54, 1.807) is 5.57 Å². The lowest BCUT2D eigenvalue weighted by Crippen LogP contribution is -2.46. The van der Waals surface area contributed by atoms with E-state index in [9.17, 15) is 10.2 Å². The number of hydrogen-bond acceptors (Lipinski definition) is 3. The van der Waals surface area contributed by atoms with Crippen LogP contribution < -0.4 is 0 Å². The lowest BCUT2D eigenvalue weighted by Gasteiger charge is -2.44. The van der Waals surface area contributed by atoms with Gasteiger partial charge in [-0.05, 0) is 111 Å². The maximum absolute atomic E-state index is 10.8. The van der Waals surface area contributed by atoms with Crippen molar-refractivity contribution in [3.05, 3.63) is 35.5 Å². The Hall–Kier alpha value is -0.683. The predicted octanol–water partition coefficient (Wildman–Crippen LogP) is 8.73. The molecule has 0 aromatic carbocycles. The van der Waals surface area contributed by atoms with E-state index in [0.717, 1.165) is 30.8 Å². The summed E-state index contributed by atoms with van der Waals surface area (Å²) in [6, 6.07) is 0. The Morgan fingerprint density at radius 1 is 1.16 bits per heavy atom. The molecule has 3 rings (SSSR count). The molecule has 0 saturated heterocycles. The Morgan fingerprint density at radius 3 is 2.46 bits per heavy atom. The molecule has 0 spiro atoms. The van der Waals surface area contributed by atoms with Crippen molar-refractivity contribution in [1.82, 2.24) is 0 Å². The smallest absolute Gasteiger partial charge is 0.192 e. The molecular weight excluding hydrogens is 472 g/mol. The quantitative estimate of drug-likeness (QED) is 0.308. The standard InChI is InChI=1S/C33H58O3Si/c1-23(13-11-19-32(6,7)35)28-17-18-29-25(14-12-20-33(28,29)8)15-16-26-21-27(22-30(34)24(26)2)36-37(9,10)31(3,4)5/h15-16,23,27-30,34-35H,2,11-14,17-22H2,1,3-10H3/b25-15+,26-16-/t23-,27-,28-,29+,30+,33-/m1/s1. The van der Waals surface area contributed by atoms with Crippen LogP contribution in [0, 0.1) is 23.2 Å². The maximum Gasteiger partial charge on any atom is 0.192 e. The third kappa shape index (κ3) is 7.29. The number of allylic oxidation sites excluding steroid dienone is 3. The lowest BCUT2D eigenvalue weighted by atomic mass is 9.60. The molecule has 0 aromatic rings. The summed E-state index contributed by atoms with van der Waals surface area (Å²) in [5.74, 6) is 2.14. The van der Waals surface area contributed by atoms with Crippen LogP contribution in [0.15, 0.2) is 35.5 Å². The van der Waals surface area contributed by atoms with Crippen molar-refractivity contribution in [2.24, 2.45) is 23.2 Å². The summed E-state index contributed by atoms with van der Waals surface area (Å²) >= 11 is 0. The van der Waals surface area contributed by atoms with Crippen molar-refractivity contribution in [1.29, 1.82) is 0 Å². The van der Waals surface area contributed by atoms with Gasteiger partial charge >= 0.3 is 0 Å². The van der Waals surface area contributed by atoms with E-state index in [-0.39, 0.29) is 11.1 Å². The molecule has 6 atom stereocenters. The molecule has 212 valence electrons. The fraction of sp³-hybridized carbons (Fsp3) is 0.818. The monoisotopic (exact) mass is 530 g/mol. The van der Waals surface area contributed by atoms with Gasteiger partial charge in [0.25, 0.3) is 0 Å². The van der Waals surface area contributed by atoms with Crippen LogP contribution in [-0.4, -0.2) is 36.3 Å². The van der Waals surface area contributed by atoms with Crippen molar-refractivity contribution in [2.45, 2.75) is 149 Å². The van der Waals surface area contributed by atoms with Crippen LogP contribution in [0.2, 0.25) is 18.1 Å². The van der Waals surface area contributed by atoms with Gasteiger partial charge in [0.05, 0.1) is 17.8 Å². The minimum atomic E-state index is -1.89. The Bertz CT molecular complexity index is 871. The van der Waals surface area contributed by atoms with Crippen molar-refractivity contribution < 1.29 is 14.6 Å². The van der Waals surface area contributed by atoms with Crippen LogP contribution in [0.5, 0.6) is 0 Å². The average Bonchev–Trinajstić information content (AvgIpc) is 3.10. The van der Waals surface area contributed by atoms with Gasteiger partial charge in [0.2, 0.25) is 0 Å². The molecule has 0 bridgehead atoms. The Kier molecular flexibility index (Phi) is 9.53. The molecule has 4 heteroatoms. The Labute approximate surface area is 230 Å². The summed E-state index contributed by atoms with van der Waals surface area (Å²) in [5, 5.41) is 21.1. The molecule has 2 N–H and O–H groups in total. The molecule has 0 amide bonds. The zero-order chi connectivity index (χ0) is 27.8. The second-order valence-electron chi connectivity index (χ2n) is 15.2. The van der Waals surface area contributed by atoms with Crippen molar-refractivity contribution in [2.75, 3.05) is 0 Å². The molecule has 0 aromatic heterocycles. The van der Waals surface area contributed by atoms with Crippen LogP contribution >= 0.6 is 0 Å². The van der Waals surface area contributed by atoms with E-state index in [4.69, 9.17) is 4.43 Å². The van der Waals surface area contributed by atoms with Gasteiger partial charge in [0, 0.05) is 6.42 Å². The van der Waals surface area contributed by atoms with Gasteiger partial charge in [-0.15, -0.1) is 0 Å². The lowest BCUT2D eigenvalue weighted by molar-refractivity contribution is 0.0596. The van der Waals surface area contributed by atoms with Gasteiger partial charge in [0.1, 0.15) is 0 Å². The largest absolute Gasteiger partial charge is 0.413 e. The zero-order valence-corrected chi connectivity index (χ0v) is 26.6. The molecule has 3 saturated carbocycles. The first kappa shape index (κ1) is 30.9. The summed E-state index contributed by atoms with van der Waals surface area (Å²) in [6.45, 7) is 24.6. The molecular formula is C33H58O3Si. The van der Waals surface area contributed by atoms with E-state index in [2.05, 4.69) is 66.4 Å². The molecule has 0 unspecified atom stereocenters. The van der Waals surface area contributed by atoms with Crippen LogP contribution in [-0.2, 0) is 4.43 Å². The number of rotatable bonds is 8. The van der Waals surface area contributed by atoms with E-state index >= 15 is 0 Å². The first-order valence-corrected chi connectivity index (χ1v) is 18.0. The Morgan fingerprint density at radius 2 is 1.84 bits per heavy atom. The van der Waals surface area contributed by atoms with Gasteiger partial charge in [-0.3, -0.25) is 0 Å². The first-order valence-electron chi connectivity index (χ1n) is 15.1. The zero-order valence-electron chi connectivity index (χ0n) is 25.6. The van der Waals surface area contributed by atoms with Crippen molar-refractivity contribution in [3.8, 4) is 0 Å². The van der Waals surface area contributed by atoms with Gasteiger partial charge < -0.3 is 14.6 Å². The van der Waals surface area contributed by atoms with E-state index < -0.39 is 20.0 Å². The highest BCUT2D eigenvalue weighted by molar-refractivity contribution is 6.74. The van der Waals surface area contributed by atoms with Crippen molar-refractivity contribution >= 4 is 8.32 Å². The highest BCUT2D eigenvalue weighted by Crippen LogP contribution is 2.60. The molecule has 3 aliphatic rings. The first-order chi connectivity index (χ1) is 16.9. The third-order valence-electron chi connectivity index (χ3n) is 10.7. The van der Waals surface area contributed by atoms with E-state index in [1.165, 1.54) is 44.1 Å². The number of fused-ring (bicyclic) bond motifs is 1. The van der Waals surface area contributed by atoms with Crippen LogP contribution in [0.1, 0.15) is 113 Å². The van der Waals surface area contributed by atoms with Crippen LogP contribution in [0.3, 0.4) is 0 Å². The van der Waals surface area contributed by atoms with Crippen molar-refractivity contribution in [3.63, 3.8) is 0 Å². The normalized spacial score (nSPS) is 34.7. The summed E-state index contributed by atoms with van der Waals surface area (Å²) < 4.78 is 6.72. The molecule has 37 heavy (non-hydrogen) atoms. The number of hydrogen-bond donors (Lipinski definition) is 2. The number of aliphatic hydroxyl groups excluding tert-OH is 1. The molecule has 0 radical (unpaired) electrons. The Balaban J connectivity index is 1.73. The minimum absolute atomic E-state index is 0.0725. The fourth-order valence-electron chi connectivity index (χ4n) is 7.40. The second kappa shape index (κ2) is 11.4. The highest BCUT2D eigenvalue weighted by Gasteiger charge is 2.50. The summed E-state index contributed by atoms with van der Waals surface area (Å²) in [7, 11) is -1.89. The highest BCUT2D eigenvalue weighted by atomic mass is 28.4. The van der Waals surface area contributed by atoms with Gasteiger partial charge in [-0.2, -0.15) is 0 Å². The topological polar surface area (TPSA) is 49.7 Å². The van der Waals surface area contributed by atoms with E-state index in [0.29, 0.717) is 23.7 Å². The summed E-state index contributed by atoms with van der Waals surface area (Å²) in [6.07, 6.45) is 15.4. The predicted molar refractivity (Wildman–Crippen MR) is 160 cm³/mol. The molecule has 0 aliphatic heterocycles. The molecule has 3 aliphatic carbocycles. The third-order valence-corrected chi connectivity index (χ3v) is 15.2. The van der Waals surface area contributed by atoms with Gasteiger partial charge in [-0.25, -0.2) is 0 Å². The number of aliphatic hydroxyl groups is 2. The second-order valence-corrected chi connectivity index (χ2v) is 19.9.